The van der Waals surface area contributed by atoms with E-state index in [2.05, 4.69) is 15.1 Å². The Morgan fingerprint density at radius 2 is 2.04 bits per heavy atom. The molecule has 4 rings (SSSR count). The SMILES string of the molecule is Cc1ccc(-c2cn(C)c(/C=C/c3nc4c(F)cccn4n3)n2)o1. The molecule has 0 amide bonds. The number of rotatable bonds is 3. The smallest absolute Gasteiger partial charge is 0.191 e. The summed E-state index contributed by atoms with van der Waals surface area (Å²) in [5.74, 6) is 2.29. The molecule has 0 aromatic carbocycles. The maximum atomic E-state index is 13.6. The third kappa shape index (κ3) is 2.50. The monoisotopic (exact) mass is 323 g/mol. The fourth-order valence-corrected chi connectivity index (χ4v) is 2.44. The molecule has 0 aliphatic carbocycles. The Hall–Kier alpha value is -3.22. The highest BCUT2D eigenvalue weighted by Gasteiger charge is 2.09. The number of nitrogens with zero attached hydrogens (tertiary/aromatic N) is 5. The van der Waals surface area contributed by atoms with Crippen LogP contribution in [0.1, 0.15) is 17.4 Å². The lowest BCUT2D eigenvalue weighted by molar-refractivity contribution is 0.546. The maximum absolute atomic E-state index is 13.6. The van der Waals surface area contributed by atoms with Crippen molar-refractivity contribution in [3.8, 4) is 11.5 Å². The first-order valence-electron chi connectivity index (χ1n) is 7.39. The van der Waals surface area contributed by atoms with Crippen LogP contribution < -0.4 is 0 Å². The Kier molecular flexibility index (Phi) is 3.26. The molecule has 0 saturated heterocycles. The van der Waals surface area contributed by atoms with E-state index in [0.717, 1.165) is 23.0 Å². The minimum Gasteiger partial charge on any atom is -0.460 e. The average molecular weight is 323 g/mol. The predicted molar refractivity (Wildman–Crippen MR) is 87.5 cm³/mol. The Bertz CT molecular complexity index is 1060. The van der Waals surface area contributed by atoms with Gasteiger partial charge in [0.25, 0.3) is 0 Å². The van der Waals surface area contributed by atoms with E-state index in [0.29, 0.717) is 5.82 Å². The summed E-state index contributed by atoms with van der Waals surface area (Å²) in [6, 6.07) is 6.72. The summed E-state index contributed by atoms with van der Waals surface area (Å²) in [6.07, 6.45) is 7.02. The van der Waals surface area contributed by atoms with Gasteiger partial charge in [-0.3, -0.25) is 0 Å². The van der Waals surface area contributed by atoms with E-state index in [4.69, 9.17) is 4.42 Å². The second kappa shape index (κ2) is 5.45. The van der Waals surface area contributed by atoms with Crippen LogP contribution in [0.25, 0.3) is 29.3 Å². The van der Waals surface area contributed by atoms with Crippen molar-refractivity contribution in [2.75, 3.05) is 0 Å². The van der Waals surface area contributed by atoms with Crippen molar-refractivity contribution in [3.05, 3.63) is 59.9 Å². The van der Waals surface area contributed by atoms with E-state index in [1.165, 1.54) is 10.6 Å². The molecule has 24 heavy (non-hydrogen) atoms. The maximum Gasteiger partial charge on any atom is 0.191 e. The Balaban J connectivity index is 1.65. The number of pyridine rings is 1. The van der Waals surface area contributed by atoms with Crippen LogP contribution in [-0.2, 0) is 7.05 Å². The standard InChI is InChI=1S/C17H14FN5O/c1-11-5-6-14(24-11)13-10-22(2)16(19-13)8-7-15-20-17-12(18)4-3-9-23(17)21-15/h3-10H,1-2H3/b8-7+. The van der Waals surface area contributed by atoms with Crippen molar-refractivity contribution in [1.29, 1.82) is 0 Å². The zero-order valence-corrected chi connectivity index (χ0v) is 13.1. The number of aryl methyl sites for hydroxylation is 2. The molecule has 4 aromatic rings. The molecule has 0 fully saturated rings. The quantitative estimate of drug-likeness (QED) is 0.580. The molecule has 0 N–H and O–H groups in total. The molecule has 0 unspecified atom stereocenters. The molecule has 4 heterocycles. The molecule has 4 aromatic heterocycles. The molecule has 7 heteroatoms. The number of hydrogen-bond donors (Lipinski definition) is 0. The molecule has 0 aliphatic rings. The molecule has 0 radical (unpaired) electrons. The van der Waals surface area contributed by atoms with Crippen molar-refractivity contribution < 1.29 is 8.81 Å². The second-order valence-corrected chi connectivity index (χ2v) is 5.43. The zero-order chi connectivity index (χ0) is 16.7. The highest BCUT2D eigenvalue weighted by Crippen LogP contribution is 2.21. The number of halogens is 1. The van der Waals surface area contributed by atoms with Gasteiger partial charge in [0.2, 0.25) is 0 Å². The molecular weight excluding hydrogens is 309 g/mol. The lowest BCUT2D eigenvalue weighted by Gasteiger charge is -1.91. The Morgan fingerprint density at radius 1 is 1.17 bits per heavy atom. The minimum atomic E-state index is -0.405. The van der Waals surface area contributed by atoms with Crippen molar-refractivity contribution in [1.82, 2.24) is 24.1 Å². The average Bonchev–Trinajstić information content (AvgIpc) is 3.24. The molecule has 0 aliphatic heterocycles. The summed E-state index contributed by atoms with van der Waals surface area (Å²) in [5, 5.41) is 4.21. The van der Waals surface area contributed by atoms with Gasteiger partial charge in [-0.05, 0) is 43.3 Å². The summed E-state index contributed by atoms with van der Waals surface area (Å²) in [7, 11) is 1.89. The second-order valence-electron chi connectivity index (χ2n) is 5.43. The number of hydrogen-bond acceptors (Lipinski definition) is 4. The van der Waals surface area contributed by atoms with Crippen molar-refractivity contribution in [2.24, 2.45) is 7.05 Å². The van der Waals surface area contributed by atoms with Crippen LogP contribution in [0.5, 0.6) is 0 Å². The summed E-state index contributed by atoms with van der Waals surface area (Å²) in [5.41, 5.74) is 0.947. The summed E-state index contributed by atoms with van der Waals surface area (Å²) in [6.45, 7) is 1.89. The zero-order valence-electron chi connectivity index (χ0n) is 13.1. The van der Waals surface area contributed by atoms with Crippen LogP contribution in [0, 0.1) is 12.7 Å². The van der Waals surface area contributed by atoms with Crippen molar-refractivity contribution >= 4 is 17.8 Å². The minimum absolute atomic E-state index is 0.198. The van der Waals surface area contributed by atoms with Gasteiger partial charge in [0.15, 0.2) is 23.0 Å². The van der Waals surface area contributed by atoms with Crippen LogP contribution in [-0.4, -0.2) is 24.1 Å². The normalized spacial score (nSPS) is 11.8. The molecule has 6 nitrogen and oxygen atoms in total. The summed E-state index contributed by atoms with van der Waals surface area (Å²) in [4.78, 5) is 8.69. The van der Waals surface area contributed by atoms with Crippen LogP contribution in [0.3, 0.4) is 0 Å². The van der Waals surface area contributed by atoms with Gasteiger partial charge in [-0.25, -0.2) is 18.9 Å². The third-order valence-electron chi connectivity index (χ3n) is 3.62. The van der Waals surface area contributed by atoms with Gasteiger partial charge < -0.3 is 8.98 Å². The Labute approximate surface area is 136 Å². The van der Waals surface area contributed by atoms with Gasteiger partial charge in [-0.15, -0.1) is 5.10 Å². The van der Waals surface area contributed by atoms with E-state index < -0.39 is 5.82 Å². The Morgan fingerprint density at radius 3 is 2.79 bits per heavy atom. The van der Waals surface area contributed by atoms with E-state index in [1.807, 2.05) is 36.9 Å². The first-order valence-corrected chi connectivity index (χ1v) is 7.39. The summed E-state index contributed by atoms with van der Waals surface area (Å²) >= 11 is 0. The number of furan rings is 1. The number of imidazole rings is 1. The molecule has 120 valence electrons. The van der Waals surface area contributed by atoms with Gasteiger partial charge in [0.1, 0.15) is 17.3 Å². The van der Waals surface area contributed by atoms with E-state index in [9.17, 15) is 4.39 Å². The van der Waals surface area contributed by atoms with Crippen molar-refractivity contribution in [3.63, 3.8) is 0 Å². The van der Waals surface area contributed by atoms with Crippen LogP contribution >= 0.6 is 0 Å². The lowest BCUT2D eigenvalue weighted by atomic mass is 10.3. The molecule has 0 bridgehead atoms. The fraction of sp³-hybridized carbons (Fsp3) is 0.118. The van der Waals surface area contributed by atoms with Gasteiger partial charge in [0.05, 0.1) is 0 Å². The first kappa shape index (κ1) is 14.4. The predicted octanol–water partition coefficient (Wildman–Crippen LogP) is 3.34. The van der Waals surface area contributed by atoms with Gasteiger partial charge in [-0.2, -0.15) is 0 Å². The van der Waals surface area contributed by atoms with Crippen LogP contribution in [0.15, 0.2) is 41.1 Å². The van der Waals surface area contributed by atoms with Gasteiger partial charge in [-0.1, -0.05) is 0 Å². The van der Waals surface area contributed by atoms with Gasteiger partial charge in [0, 0.05) is 19.4 Å². The molecule has 0 atom stereocenters. The molecule has 0 saturated carbocycles. The summed E-state index contributed by atoms with van der Waals surface area (Å²) < 4.78 is 22.5. The first-order chi connectivity index (χ1) is 11.6. The highest BCUT2D eigenvalue weighted by atomic mass is 19.1. The number of fused-ring (bicyclic) bond motifs is 1. The van der Waals surface area contributed by atoms with Crippen LogP contribution in [0.2, 0.25) is 0 Å². The topological polar surface area (TPSA) is 61.2 Å². The van der Waals surface area contributed by atoms with Crippen molar-refractivity contribution in [2.45, 2.75) is 6.92 Å². The van der Waals surface area contributed by atoms with Gasteiger partial charge >= 0.3 is 0 Å². The van der Waals surface area contributed by atoms with E-state index in [1.54, 1.807) is 24.4 Å². The lowest BCUT2D eigenvalue weighted by Crippen LogP contribution is -1.89. The van der Waals surface area contributed by atoms with Crippen LogP contribution in [0.4, 0.5) is 4.39 Å². The van der Waals surface area contributed by atoms with E-state index in [-0.39, 0.29) is 5.65 Å². The highest BCUT2D eigenvalue weighted by molar-refractivity contribution is 5.66. The fourth-order valence-electron chi connectivity index (χ4n) is 2.44. The third-order valence-corrected chi connectivity index (χ3v) is 3.62. The van der Waals surface area contributed by atoms with E-state index >= 15 is 0 Å². The molecular formula is C17H14FN5O. The molecule has 0 spiro atoms. The number of aromatic nitrogens is 5. The largest absolute Gasteiger partial charge is 0.460 e.